The van der Waals surface area contributed by atoms with Gasteiger partial charge < -0.3 is 9.64 Å². The average Bonchev–Trinajstić information content (AvgIpc) is 2.77. The normalized spacial score (nSPS) is 15.6. The number of hydrogen-bond acceptors (Lipinski definition) is 6. The largest absolute Gasteiger partial charge is 0.497 e. The number of sulfone groups is 1. The number of nitrogens with one attached hydrogen (secondary N) is 1. The highest BCUT2D eigenvalue weighted by Gasteiger charge is 2.33. The molecule has 11 heteroatoms. The highest BCUT2D eigenvalue weighted by atomic mass is 35.5. The van der Waals surface area contributed by atoms with Crippen LogP contribution in [-0.4, -0.2) is 59.6 Å². The van der Waals surface area contributed by atoms with E-state index in [1.54, 1.807) is 18.2 Å². The zero-order chi connectivity index (χ0) is 22.6. The van der Waals surface area contributed by atoms with Crippen LogP contribution in [0.1, 0.15) is 12.8 Å². The lowest BCUT2D eigenvalue weighted by Gasteiger charge is -2.31. The number of carbonyl (C=O) groups excluding carboxylic acids is 1. The summed E-state index contributed by atoms with van der Waals surface area (Å²) in [4.78, 5) is 14.1. The first-order valence-electron chi connectivity index (χ1n) is 9.54. The van der Waals surface area contributed by atoms with Gasteiger partial charge >= 0.3 is 0 Å². The number of amides is 1. The fourth-order valence-corrected chi connectivity index (χ4v) is 6.37. The van der Waals surface area contributed by atoms with Crippen LogP contribution in [0.25, 0.3) is 0 Å². The van der Waals surface area contributed by atoms with E-state index in [1.165, 1.54) is 42.3 Å². The molecule has 0 unspecified atom stereocenters. The van der Waals surface area contributed by atoms with Crippen LogP contribution in [0.2, 0.25) is 5.02 Å². The first-order valence-corrected chi connectivity index (χ1v) is 13.0. The number of benzene rings is 2. The van der Waals surface area contributed by atoms with Gasteiger partial charge in [0.15, 0.2) is 9.84 Å². The van der Waals surface area contributed by atoms with Gasteiger partial charge in [-0.2, -0.15) is 0 Å². The summed E-state index contributed by atoms with van der Waals surface area (Å²) in [6.07, 6.45) is 0.558. The van der Waals surface area contributed by atoms with Crippen LogP contribution in [0.5, 0.6) is 5.75 Å². The fraction of sp³-hybridized carbons (Fsp3) is 0.350. The molecule has 0 atom stereocenters. The molecule has 1 amide bonds. The summed E-state index contributed by atoms with van der Waals surface area (Å²) in [5, 5.41) is -0.331. The Kier molecular flexibility index (Phi) is 7.25. The number of hydrogen-bond donors (Lipinski definition) is 1. The molecule has 0 bridgehead atoms. The van der Waals surface area contributed by atoms with Crippen molar-refractivity contribution in [2.24, 2.45) is 0 Å². The standard InChI is InChI=1S/C20H23ClN2O6S2/c1-29-16-5-7-17(8-6-16)30(25,26)18-9-11-23(12-10-18)20(24)14-22-31(27,28)19-4-2-3-15(21)13-19/h2-8,13,18,22H,9-12,14H2,1H3. The van der Waals surface area contributed by atoms with Crippen molar-refractivity contribution in [2.45, 2.75) is 27.9 Å². The number of sulfonamides is 1. The predicted octanol–water partition coefficient (Wildman–Crippen LogP) is 2.09. The van der Waals surface area contributed by atoms with Crippen molar-refractivity contribution in [3.8, 4) is 5.75 Å². The quantitative estimate of drug-likeness (QED) is 0.641. The maximum absolute atomic E-state index is 12.9. The highest BCUT2D eigenvalue weighted by molar-refractivity contribution is 7.92. The molecule has 8 nitrogen and oxygen atoms in total. The second-order valence-electron chi connectivity index (χ2n) is 7.08. The molecule has 1 saturated heterocycles. The van der Waals surface area contributed by atoms with Crippen molar-refractivity contribution in [1.29, 1.82) is 0 Å². The van der Waals surface area contributed by atoms with Gasteiger partial charge in [-0.3, -0.25) is 4.79 Å². The molecule has 31 heavy (non-hydrogen) atoms. The second-order valence-corrected chi connectivity index (χ2v) is 11.5. The zero-order valence-electron chi connectivity index (χ0n) is 16.8. The molecule has 1 aliphatic heterocycles. The van der Waals surface area contributed by atoms with Crippen LogP contribution in [0, 0.1) is 0 Å². The van der Waals surface area contributed by atoms with Crippen molar-refractivity contribution >= 4 is 37.4 Å². The molecule has 3 rings (SSSR count). The minimum absolute atomic E-state index is 0.0305. The van der Waals surface area contributed by atoms with E-state index in [1.807, 2.05) is 0 Å². The topological polar surface area (TPSA) is 110 Å². The molecule has 2 aromatic carbocycles. The van der Waals surface area contributed by atoms with Gasteiger partial charge in [-0.1, -0.05) is 17.7 Å². The Morgan fingerprint density at radius 2 is 1.71 bits per heavy atom. The fourth-order valence-electron chi connectivity index (χ4n) is 3.36. The number of rotatable bonds is 7. The number of methoxy groups -OCH3 is 1. The second kappa shape index (κ2) is 9.56. The summed E-state index contributed by atoms with van der Waals surface area (Å²) < 4.78 is 57.7. The summed E-state index contributed by atoms with van der Waals surface area (Å²) in [7, 11) is -5.90. The molecule has 0 spiro atoms. The summed E-state index contributed by atoms with van der Waals surface area (Å²) in [5.74, 6) is 0.158. The molecule has 1 heterocycles. The summed E-state index contributed by atoms with van der Waals surface area (Å²) in [6.45, 7) is 0.0559. The molecular weight excluding hydrogens is 464 g/mol. The first kappa shape index (κ1) is 23.5. The Morgan fingerprint density at radius 1 is 1.06 bits per heavy atom. The van der Waals surface area contributed by atoms with Crippen LogP contribution in [0.15, 0.2) is 58.3 Å². The summed E-state index contributed by atoms with van der Waals surface area (Å²) in [5.41, 5.74) is 0. The summed E-state index contributed by atoms with van der Waals surface area (Å²) in [6, 6.07) is 11.9. The minimum Gasteiger partial charge on any atom is -0.497 e. The third-order valence-electron chi connectivity index (χ3n) is 5.14. The molecule has 168 valence electrons. The third kappa shape index (κ3) is 5.57. The molecule has 0 aromatic heterocycles. The molecule has 0 aliphatic carbocycles. The predicted molar refractivity (Wildman–Crippen MR) is 116 cm³/mol. The average molecular weight is 487 g/mol. The monoisotopic (exact) mass is 486 g/mol. The van der Waals surface area contributed by atoms with Gasteiger partial charge in [-0.05, 0) is 55.3 Å². The number of nitrogens with zero attached hydrogens (tertiary/aromatic N) is 1. The molecule has 0 radical (unpaired) electrons. The van der Waals surface area contributed by atoms with Gasteiger partial charge in [-0.25, -0.2) is 21.6 Å². The lowest BCUT2D eigenvalue weighted by atomic mass is 10.1. The lowest BCUT2D eigenvalue weighted by molar-refractivity contribution is -0.130. The molecule has 2 aromatic rings. The van der Waals surface area contributed by atoms with Crippen LogP contribution >= 0.6 is 11.6 Å². The van der Waals surface area contributed by atoms with E-state index in [0.717, 1.165) is 0 Å². The van der Waals surface area contributed by atoms with Crippen molar-refractivity contribution in [3.05, 3.63) is 53.6 Å². The van der Waals surface area contributed by atoms with Crippen LogP contribution in [0.3, 0.4) is 0 Å². The van der Waals surface area contributed by atoms with Crippen molar-refractivity contribution in [1.82, 2.24) is 9.62 Å². The van der Waals surface area contributed by atoms with E-state index in [0.29, 0.717) is 5.75 Å². The lowest BCUT2D eigenvalue weighted by Crippen LogP contribution is -2.46. The van der Waals surface area contributed by atoms with Crippen molar-refractivity contribution in [2.75, 3.05) is 26.7 Å². The van der Waals surface area contributed by atoms with Gasteiger partial charge in [0.05, 0.1) is 28.7 Å². The Hall–Kier alpha value is -2.14. The third-order valence-corrected chi connectivity index (χ3v) is 9.05. The Balaban J connectivity index is 1.57. The highest BCUT2D eigenvalue weighted by Crippen LogP contribution is 2.26. The maximum Gasteiger partial charge on any atom is 0.241 e. The Bertz CT molecular complexity index is 1140. The minimum atomic E-state index is -3.88. The van der Waals surface area contributed by atoms with Crippen LogP contribution in [0.4, 0.5) is 0 Å². The number of ether oxygens (including phenoxy) is 1. The van der Waals surface area contributed by atoms with E-state index < -0.39 is 37.6 Å². The number of carbonyl (C=O) groups is 1. The Labute approximate surface area is 187 Å². The first-order chi connectivity index (χ1) is 14.6. The SMILES string of the molecule is COc1ccc(S(=O)(=O)C2CCN(C(=O)CNS(=O)(=O)c3cccc(Cl)c3)CC2)cc1. The van der Waals surface area contributed by atoms with Gasteiger partial charge in [-0.15, -0.1) is 0 Å². The number of piperidine rings is 1. The Morgan fingerprint density at radius 3 is 2.29 bits per heavy atom. The van der Waals surface area contributed by atoms with Gasteiger partial charge in [0.25, 0.3) is 0 Å². The zero-order valence-corrected chi connectivity index (χ0v) is 19.2. The van der Waals surface area contributed by atoms with E-state index >= 15 is 0 Å². The van der Waals surface area contributed by atoms with Gasteiger partial charge in [0, 0.05) is 18.1 Å². The van der Waals surface area contributed by atoms with Crippen molar-refractivity contribution in [3.63, 3.8) is 0 Å². The van der Waals surface area contributed by atoms with Gasteiger partial charge in [0.2, 0.25) is 15.9 Å². The molecule has 1 aliphatic rings. The molecule has 0 saturated carbocycles. The van der Waals surface area contributed by atoms with Crippen LogP contribution in [-0.2, 0) is 24.7 Å². The maximum atomic E-state index is 12.9. The molecular formula is C20H23ClN2O6S2. The molecule has 1 N–H and O–H groups in total. The van der Waals surface area contributed by atoms with E-state index in [-0.39, 0.29) is 40.7 Å². The van der Waals surface area contributed by atoms with E-state index in [9.17, 15) is 21.6 Å². The van der Waals surface area contributed by atoms with Crippen LogP contribution < -0.4 is 9.46 Å². The number of likely N-dealkylation sites (tertiary alicyclic amines) is 1. The van der Waals surface area contributed by atoms with E-state index in [2.05, 4.69) is 4.72 Å². The smallest absolute Gasteiger partial charge is 0.241 e. The number of halogens is 1. The molecule has 1 fully saturated rings. The van der Waals surface area contributed by atoms with Gasteiger partial charge in [0.1, 0.15) is 5.75 Å². The van der Waals surface area contributed by atoms with Crippen molar-refractivity contribution < 1.29 is 26.4 Å². The van der Waals surface area contributed by atoms with E-state index in [4.69, 9.17) is 16.3 Å². The summed E-state index contributed by atoms with van der Waals surface area (Å²) >= 11 is 5.82.